The molecule has 2 atom stereocenters. The number of anilines is 1. The highest BCUT2D eigenvalue weighted by molar-refractivity contribution is 5.92. The van der Waals surface area contributed by atoms with Crippen LogP contribution in [0.15, 0.2) is 24.5 Å². The van der Waals surface area contributed by atoms with Crippen molar-refractivity contribution in [1.29, 1.82) is 5.26 Å². The summed E-state index contributed by atoms with van der Waals surface area (Å²) >= 11 is 0. The van der Waals surface area contributed by atoms with Gasteiger partial charge in [-0.2, -0.15) is 18.4 Å². The highest BCUT2D eigenvalue weighted by Crippen LogP contribution is 2.37. The van der Waals surface area contributed by atoms with Crippen molar-refractivity contribution >= 4 is 16.7 Å². The van der Waals surface area contributed by atoms with E-state index in [1.807, 2.05) is 0 Å². The Hall–Kier alpha value is -2.44. The second-order valence-corrected chi connectivity index (χ2v) is 8.25. The van der Waals surface area contributed by atoms with Crippen LogP contribution in [0.5, 0.6) is 0 Å². The van der Waals surface area contributed by atoms with Gasteiger partial charge in [0.25, 0.3) is 0 Å². The smallest absolute Gasteiger partial charge is 0.393 e. The van der Waals surface area contributed by atoms with E-state index in [2.05, 4.69) is 21.4 Å². The number of nitriles is 1. The van der Waals surface area contributed by atoms with Crippen LogP contribution in [-0.2, 0) is 0 Å². The average molecular weight is 419 g/mol. The first-order chi connectivity index (χ1) is 14.3. The first kappa shape index (κ1) is 20.8. The Labute approximate surface area is 172 Å². The normalized spacial score (nSPS) is 27.8. The van der Waals surface area contributed by atoms with E-state index in [9.17, 15) is 23.5 Å². The Morgan fingerprint density at radius 1 is 1.03 bits per heavy atom. The lowest BCUT2D eigenvalue weighted by Crippen LogP contribution is -2.55. The number of benzene rings is 1. The molecule has 0 bridgehead atoms. The molecule has 4 rings (SSSR count). The van der Waals surface area contributed by atoms with Gasteiger partial charge < -0.3 is 15.3 Å². The van der Waals surface area contributed by atoms with Gasteiger partial charge in [-0.3, -0.25) is 9.97 Å². The van der Waals surface area contributed by atoms with Crippen LogP contribution >= 0.6 is 0 Å². The summed E-state index contributed by atoms with van der Waals surface area (Å²) in [5, 5.41) is 22.4. The molecule has 1 saturated heterocycles. The van der Waals surface area contributed by atoms with E-state index >= 15 is 0 Å². The van der Waals surface area contributed by atoms with Crippen molar-refractivity contribution in [2.75, 3.05) is 18.0 Å². The van der Waals surface area contributed by atoms with Gasteiger partial charge in [-0.25, -0.2) is 0 Å². The van der Waals surface area contributed by atoms with Crippen LogP contribution in [0.4, 0.5) is 18.9 Å². The molecule has 160 valence electrons. The summed E-state index contributed by atoms with van der Waals surface area (Å²) in [6, 6.07) is 5.12. The van der Waals surface area contributed by atoms with Crippen LogP contribution in [0.3, 0.4) is 0 Å². The average Bonchev–Trinajstić information content (AvgIpc) is 2.74. The van der Waals surface area contributed by atoms with Crippen LogP contribution in [-0.4, -0.2) is 52.5 Å². The fourth-order valence-corrected chi connectivity index (χ4v) is 4.62. The number of piperidine rings is 1. The third-order valence-electron chi connectivity index (χ3n) is 6.15. The Kier molecular flexibility index (Phi) is 5.80. The van der Waals surface area contributed by atoms with Gasteiger partial charge in [0.05, 0.1) is 23.3 Å². The standard InChI is InChI=1S/C21H24F3N5O/c22-21(23,24)14-9-16(28-15-2-4-17(30)5-3-15)12-29(11-14)18-6-1-13(10-25)19-20(18)27-8-7-26-19/h1,6-8,14-17,28,30H,2-5,9,11-12H2/t14-,15-,16+,17+/m0/s1. The lowest BCUT2D eigenvalue weighted by atomic mass is 9.89. The van der Waals surface area contributed by atoms with E-state index in [0.717, 1.165) is 12.8 Å². The van der Waals surface area contributed by atoms with Crippen molar-refractivity contribution < 1.29 is 18.3 Å². The summed E-state index contributed by atoms with van der Waals surface area (Å²) in [5.41, 5.74) is 1.76. The molecule has 0 amide bonds. The van der Waals surface area contributed by atoms with Crippen LogP contribution in [0.2, 0.25) is 0 Å². The number of halogens is 3. The molecule has 0 unspecified atom stereocenters. The lowest BCUT2D eigenvalue weighted by molar-refractivity contribution is -0.177. The van der Waals surface area contributed by atoms with Gasteiger partial charge in [-0.15, -0.1) is 0 Å². The summed E-state index contributed by atoms with van der Waals surface area (Å²) in [4.78, 5) is 10.3. The number of aliphatic hydroxyl groups is 1. The number of aromatic nitrogens is 2. The Bertz CT molecular complexity index is 936. The van der Waals surface area contributed by atoms with Crippen LogP contribution in [0.1, 0.15) is 37.7 Å². The van der Waals surface area contributed by atoms with Gasteiger partial charge in [0.1, 0.15) is 17.1 Å². The fraction of sp³-hybridized carbons (Fsp3) is 0.571. The van der Waals surface area contributed by atoms with Gasteiger partial charge in [0.2, 0.25) is 0 Å². The Balaban J connectivity index is 1.62. The number of hydrogen-bond donors (Lipinski definition) is 2. The first-order valence-electron chi connectivity index (χ1n) is 10.2. The SMILES string of the molecule is N#Cc1ccc(N2C[C@H](N[C@H]3CC[C@@H](O)CC3)C[C@H](C(F)(F)F)C2)c2nccnc12. The summed E-state index contributed by atoms with van der Waals surface area (Å²) in [6.45, 7) is 0.270. The highest BCUT2D eigenvalue weighted by atomic mass is 19.4. The minimum Gasteiger partial charge on any atom is -0.393 e. The molecule has 0 spiro atoms. The molecule has 2 N–H and O–H groups in total. The molecule has 1 aliphatic carbocycles. The molecule has 2 heterocycles. The zero-order valence-corrected chi connectivity index (χ0v) is 16.4. The van der Waals surface area contributed by atoms with Gasteiger partial charge in [0.15, 0.2) is 0 Å². The van der Waals surface area contributed by atoms with Crippen molar-refractivity contribution in [3.05, 3.63) is 30.1 Å². The fourth-order valence-electron chi connectivity index (χ4n) is 4.62. The molecule has 1 aliphatic heterocycles. The van der Waals surface area contributed by atoms with Gasteiger partial charge in [-0.05, 0) is 44.2 Å². The van der Waals surface area contributed by atoms with Crippen molar-refractivity contribution in [3.63, 3.8) is 0 Å². The minimum atomic E-state index is -4.30. The third kappa shape index (κ3) is 4.35. The van der Waals surface area contributed by atoms with E-state index in [-0.39, 0.29) is 31.2 Å². The van der Waals surface area contributed by atoms with Crippen molar-refractivity contribution in [1.82, 2.24) is 15.3 Å². The van der Waals surface area contributed by atoms with Crippen molar-refractivity contribution in [2.45, 2.75) is 56.5 Å². The molecule has 2 aliphatic rings. The number of nitrogens with one attached hydrogen (secondary N) is 1. The predicted octanol–water partition coefficient (Wildman–Crippen LogP) is 3.15. The zero-order chi connectivity index (χ0) is 21.3. The van der Waals surface area contributed by atoms with Crippen LogP contribution < -0.4 is 10.2 Å². The Morgan fingerprint density at radius 2 is 1.73 bits per heavy atom. The summed E-state index contributed by atoms with van der Waals surface area (Å²) in [7, 11) is 0. The van der Waals surface area contributed by atoms with Gasteiger partial charge in [-0.1, -0.05) is 0 Å². The molecule has 1 aromatic carbocycles. The number of aliphatic hydroxyl groups excluding tert-OH is 1. The quantitative estimate of drug-likeness (QED) is 0.795. The highest BCUT2D eigenvalue weighted by Gasteiger charge is 2.45. The maximum Gasteiger partial charge on any atom is 0.393 e. The first-order valence-corrected chi connectivity index (χ1v) is 10.2. The number of hydrogen-bond acceptors (Lipinski definition) is 6. The lowest BCUT2D eigenvalue weighted by Gasteiger charge is -2.42. The Morgan fingerprint density at radius 3 is 2.40 bits per heavy atom. The molecule has 2 aromatic rings. The van der Waals surface area contributed by atoms with Crippen molar-refractivity contribution in [2.24, 2.45) is 5.92 Å². The molecule has 1 aromatic heterocycles. The summed E-state index contributed by atoms with van der Waals surface area (Å²) in [6.07, 6.45) is 1.26. The monoisotopic (exact) mass is 419 g/mol. The number of rotatable bonds is 3. The molecule has 9 heteroatoms. The van der Waals surface area contributed by atoms with Gasteiger partial charge in [0, 0.05) is 37.6 Å². The maximum atomic E-state index is 13.7. The zero-order valence-electron chi connectivity index (χ0n) is 16.4. The number of nitrogens with zero attached hydrogens (tertiary/aromatic N) is 4. The molecule has 0 radical (unpaired) electrons. The molecular formula is C21H24F3N5O. The van der Waals surface area contributed by atoms with E-state index in [1.54, 1.807) is 17.0 Å². The van der Waals surface area contributed by atoms with Gasteiger partial charge >= 0.3 is 6.18 Å². The second kappa shape index (κ2) is 8.36. The molecule has 1 saturated carbocycles. The van der Waals surface area contributed by atoms with E-state index in [1.165, 1.54) is 12.4 Å². The van der Waals surface area contributed by atoms with Crippen LogP contribution in [0, 0.1) is 17.2 Å². The van der Waals surface area contributed by atoms with E-state index in [0.29, 0.717) is 41.7 Å². The number of alkyl halides is 3. The molecule has 30 heavy (non-hydrogen) atoms. The summed E-state index contributed by atoms with van der Waals surface area (Å²) in [5.74, 6) is -1.46. The number of fused-ring (bicyclic) bond motifs is 1. The third-order valence-corrected chi connectivity index (χ3v) is 6.15. The minimum absolute atomic E-state index is 0.0267. The largest absolute Gasteiger partial charge is 0.393 e. The predicted molar refractivity (Wildman–Crippen MR) is 106 cm³/mol. The topological polar surface area (TPSA) is 85.1 Å². The molecular weight excluding hydrogens is 395 g/mol. The summed E-state index contributed by atoms with van der Waals surface area (Å²) < 4.78 is 41.1. The van der Waals surface area contributed by atoms with E-state index in [4.69, 9.17) is 0 Å². The van der Waals surface area contributed by atoms with Crippen molar-refractivity contribution in [3.8, 4) is 6.07 Å². The molecule has 2 fully saturated rings. The van der Waals surface area contributed by atoms with E-state index < -0.39 is 12.1 Å². The second-order valence-electron chi connectivity index (χ2n) is 8.25. The van der Waals surface area contributed by atoms with Crippen LogP contribution in [0.25, 0.3) is 11.0 Å². The maximum absolute atomic E-state index is 13.7. The molecule has 6 nitrogen and oxygen atoms in total.